The zero-order chi connectivity index (χ0) is 14.7. The van der Waals surface area contributed by atoms with E-state index in [1.165, 1.54) is 0 Å². The smallest absolute Gasteiger partial charge is 0.257 e. The summed E-state index contributed by atoms with van der Waals surface area (Å²) in [5.41, 5.74) is 0.949. The van der Waals surface area contributed by atoms with Crippen LogP contribution < -0.4 is 10.1 Å². The van der Waals surface area contributed by atoms with Crippen LogP contribution in [0.1, 0.15) is 10.4 Å². The van der Waals surface area contributed by atoms with Crippen molar-refractivity contribution in [2.24, 2.45) is 0 Å². The van der Waals surface area contributed by atoms with E-state index >= 15 is 0 Å². The van der Waals surface area contributed by atoms with Crippen molar-refractivity contribution in [3.8, 4) is 5.75 Å². The van der Waals surface area contributed by atoms with E-state index < -0.39 is 0 Å². The zero-order valence-electron chi connectivity index (χ0n) is 10.4. The second-order valence-electron chi connectivity index (χ2n) is 3.90. The Balaban J connectivity index is 2.24. The van der Waals surface area contributed by atoms with Crippen LogP contribution >= 0.6 is 39.1 Å². The number of amides is 1. The van der Waals surface area contributed by atoms with E-state index in [2.05, 4.69) is 21.2 Å². The predicted molar refractivity (Wildman–Crippen MR) is 85.1 cm³/mol. The van der Waals surface area contributed by atoms with Crippen molar-refractivity contribution < 1.29 is 9.53 Å². The predicted octanol–water partition coefficient (Wildman–Crippen LogP) is 5.02. The van der Waals surface area contributed by atoms with Gasteiger partial charge < -0.3 is 10.1 Å². The van der Waals surface area contributed by atoms with Gasteiger partial charge in [0.2, 0.25) is 0 Å². The Morgan fingerprint density at radius 2 is 2.00 bits per heavy atom. The van der Waals surface area contributed by atoms with Gasteiger partial charge >= 0.3 is 0 Å². The van der Waals surface area contributed by atoms with E-state index in [1.54, 1.807) is 43.5 Å². The van der Waals surface area contributed by atoms with Gasteiger partial charge in [0, 0.05) is 5.69 Å². The standard InChI is InChI=1S/C14H10BrCl2NO2/c1-20-12-6-5-8(7-10(12)15)18-14(19)9-3-2-4-11(16)13(9)17/h2-7H,1H3,(H,18,19). The molecule has 0 aromatic heterocycles. The molecule has 20 heavy (non-hydrogen) atoms. The van der Waals surface area contributed by atoms with Crippen molar-refractivity contribution in [1.82, 2.24) is 0 Å². The molecule has 1 amide bonds. The maximum atomic E-state index is 12.2. The highest BCUT2D eigenvalue weighted by atomic mass is 79.9. The molecule has 0 fully saturated rings. The fourth-order valence-corrected chi connectivity index (χ4v) is 2.55. The summed E-state index contributed by atoms with van der Waals surface area (Å²) in [7, 11) is 1.57. The molecule has 2 rings (SSSR count). The minimum absolute atomic E-state index is 0.235. The van der Waals surface area contributed by atoms with E-state index in [-0.39, 0.29) is 10.9 Å². The number of hydrogen-bond donors (Lipinski definition) is 1. The van der Waals surface area contributed by atoms with Gasteiger partial charge in [-0.3, -0.25) is 4.79 Å². The molecule has 0 atom stereocenters. The Labute approximate surface area is 135 Å². The van der Waals surface area contributed by atoms with Crippen LogP contribution in [0.5, 0.6) is 5.75 Å². The molecule has 0 heterocycles. The van der Waals surface area contributed by atoms with Crippen LogP contribution in [0.25, 0.3) is 0 Å². The first-order valence-electron chi connectivity index (χ1n) is 5.62. The van der Waals surface area contributed by atoms with Crippen molar-refractivity contribution in [2.45, 2.75) is 0 Å². The average molecular weight is 375 g/mol. The number of carbonyl (C=O) groups is 1. The van der Waals surface area contributed by atoms with Gasteiger partial charge in [-0.1, -0.05) is 29.3 Å². The molecule has 6 heteroatoms. The summed E-state index contributed by atoms with van der Waals surface area (Å²) in [5, 5.41) is 3.33. The number of ether oxygens (including phenoxy) is 1. The molecule has 2 aromatic carbocycles. The zero-order valence-corrected chi connectivity index (χ0v) is 13.5. The monoisotopic (exact) mass is 373 g/mol. The average Bonchev–Trinajstić information content (AvgIpc) is 2.42. The molecule has 0 saturated carbocycles. The van der Waals surface area contributed by atoms with Gasteiger partial charge in [0.25, 0.3) is 5.91 Å². The van der Waals surface area contributed by atoms with Crippen molar-refractivity contribution in [2.75, 3.05) is 12.4 Å². The van der Waals surface area contributed by atoms with Crippen LogP contribution in [0.4, 0.5) is 5.69 Å². The number of nitrogens with one attached hydrogen (secondary N) is 1. The van der Waals surface area contributed by atoms with Crippen LogP contribution in [-0.2, 0) is 0 Å². The highest BCUT2D eigenvalue weighted by Gasteiger charge is 2.13. The number of hydrogen-bond acceptors (Lipinski definition) is 2. The quantitative estimate of drug-likeness (QED) is 0.819. The topological polar surface area (TPSA) is 38.3 Å². The van der Waals surface area contributed by atoms with Gasteiger partial charge in [0.1, 0.15) is 5.75 Å². The summed E-state index contributed by atoms with van der Waals surface area (Å²) in [6, 6.07) is 10.1. The lowest BCUT2D eigenvalue weighted by Crippen LogP contribution is -2.12. The Morgan fingerprint density at radius 3 is 2.65 bits per heavy atom. The molecule has 0 radical (unpaired) electrons. The van der Waals surface area contributed by atoms with Gasteiger partial charge in [-0.2, -0.15) is 0 Å². The van der Waals surface area contributed by atoms with Gasteiger partial charge in [0.05, 0.1) is 27.2 Å². The Morgan fingerprint density at radius 1 is 1.25 bits per heavy atom. The third-order valence-corrected chi connectivity index (χ3v) is 4.04. The highest BCUT2D eigenvalue weighted by molar-refractivity contribution is 9.10. The second kappa shape index (κ2) is 6.48. The minimum Gasteiger partial charge on any atom is -0.496 e. The van der Waals surface area contributed by atoms with E-state index in [0.29, 0.717) is 22.0 Å². The number of rotatable bonds is 3. The van der Waals surface area contributed by atoms with Crippen molar-refractivity contribution in [3.05, 3.63) is 56.5 Å². The normalized spacial score (nSPS) is 10.2. The maximum absolute atomic E-state index is 12.2. The molecular weight excluding hydrogens is 365 g/mol. The molecule has 0 aliphatic rings. The molecule has 104 valence electrons. The first kappa shape index (κ1) is 15.2. The number of carbonyl (C=O) groups excluding carboxylic acids is 1. The van der Waals surface area contributed by atoms with Gasteiger partial charge in [0.15, 0.2) is 0 Å². The lowest BCUT2D eigenvalue weighted by molar-refractivity contribution is 0.102. The molecule has 0 aliphatic heterocycles. The summed E-state index contributed by atoms with van der Waals surface area (Å²) in [5.74, 6) is 0.360. The Hall–Kier alpha value is -1.23. The first-order valence-corrected chi connectivity index (χ1v) is 7.16. The third-order valence-electron chi connectivity index (χ3n) is 2.61. The largest absolute Gasteiger partial charge is 0.496 e. The van der Waals surface area contributed by atoms with Gasteiger partial charge in [-0.05, 0) is 46.3 Å². The van der Waals surface area contributed by atoms with Gasteiger partial charge in [-0.25, -0.2) is 0 Å². The van der Waals surface area contributed by atoms with Crippen LogP contribution in [-0.4, -0.2) is 13.0 Å². The van der Waals surface area contributed by atoms with E-state index in [0.717, 1.165) is 4.47 Å². The van der Waals surface area contributed by atoms with Crippen LogP contribution in [0.3, 0.4) is 0 Å². The third kappa shape index (κ3) is 3.26. The molecule has 0 saturated heterocycles. The Kier molecular flexibility index (Phi) is 4.91. The van der Waals surface area contributed by atoms with Crippen molar-refractivity contribution in [1.29, 1.82) is 0 Å². The van der Waals surface area contributed by atoms with Crippen LogP contribution in [0, 0.1) is 0 Å². The summed E-state index contributed by atoms with van der Waals surface area (Å²) >= 11 is 15.3. The molecule has 2 aromatic rings. The summed E-state index contributed by atoms with van der Waals surface area (Å²) in [6.07, 6.45) is 0. The maximum Gasteiger partial charge on any atom is 0.257 e. The lowest BCUT2D eigenvalue weighted by atomic mass is 10.2. The first-order chi connectivity index (χ1) is 9.52. The number of halogens is 3. The molecule has 0 spiro atoms. The highest BCUT2D eigenvalue weighted by Crippen LogP contribution is 2.29. The van der Waals surface area contributed by atoms with Crippen LogP contribution in [0.2, 0.25) is 10.0 Å². The van der Waals surface area contributed by atoms with Gasteiger partial charge in [-0.15, -0.1) is 0 Å². The van der Waals surface area contributed by atoms with E-state index in [1.807, 2.05) is 0 Å². The number of benzene rings is 2. The van der Waals surface area contributed by atoms with Crippen molar-refractivity contribution in [3.63, 3.8) is 0 Å². The lowest BCUT2D eigenvalue weighted by Gasteiger charge is -2.09. The summed E-state index contributed by atoms with van der Waals surface area (Å²) in [4.78, 5) is 12.2. The van der Waals surface area contributed by atoms with Crippen LogP contribution in [0.15, 0.2) is 40.9 Å². The Bertz CT molecular complexity index is 662. The summed E-state index contributed by atoms with van der Waals surface area (Å²) < 4.78 is 5.87. The molecule has 0 aliphatic carbocycles. The van der Waals surface area contributed by atoms with E-state index in [4.69, 9.17) is 27.9 Å². The molecule has 0 bridgehead atoms. The molecule has 3 nitrogen and oxygen atoms in total. The number of anilines is 1. The second-order valence-corrected chi connectivity index (χ2v) is 5.54. The van der Waals surface area contributed by atoms with E-state index in [9.17, 15) is 4.79 Å². The fourth-order valence-electron chi connectivity index (χ4n) is 1.62. The summed E-state index contributed by atoms with van der Waals surface area (Å²) in [6.45, 7) is 0. The molecule has 0 unspecified atom stereocenters. The molecule has 1 N–H and O–H groups in total. The minimum atomic E-state index is -0.324. The fraction of sp³-hybridized carbons (Fsp3) is 0.0714. The van der Waals surface area contributed by atoms with Crippen molar-refractivity contribution >= 4 is 50.7 Å². The number of methoxy groups -OCH3 is 1. The SMILES string of the molecule is COc1ccc(NC(=O)c2cccc(Cl)c2Cl)cc1Br. The molecular formula is C14H10BrCl2NO2.